The number of carbonyl (C=O) groups excluding carboxylic acids is 1. The van der Waals surface area contributed by atoms with E-state index < -0.39 is 41.2 Å². The van der Waals surface area contributed by atoms with Gasteiger partial charge in [-0.15, -0.1) is 0 Å². The topological polar surface area (TPSA) is 89.7 Å². The van der Waals surface area contributed by atoms with E-state index in [0.717, 1.165) is 43.1 Å². The number of hydrogen-bond donors (Lipinski definition) is 2. The van der Waals surface area contributed by atoms with Crippen molar-refractivity contribution in [2.24, 2.45) is 11.7 Å². The standard InChI is InChI=1S/C36H37F5N4O3/c1-36(16-42)17-48-33-29(36)30(39)31(44-32(33)24-12-23(18-4-3-5-18)26(37)13-27(24)38)25(19-6-7-19)14-43-34(46)20-10-21-15-45(35(40)41)9-8-22(21)28(11-20)47-2/h8,10-13,15,18-19,25,35H,3-7,9,14,16-17,42H2,1-2H3,(H,43,46)/t25-,36-/m0/s1. The number of nitrogens with one attached hydrogen (secondary N) is 1. The second kappa shape index (κ2) is 12.4. The van der Waals surface area contributed by atoms with E-state index in [0.29, 0.717) is 21.8 Å². The van der Waals surface area contributed by atoms with Crippen LogP contribution in [-0.4, -0.2) is 55.7 Å². The first kappa shape index (κ1) is 32.4. The van der Waals surface area contributed by atoms with Gasteiger partial charge in [0.05, 0.1) is 19.4 Å². The Balaban J connectivity index is 1.27. The minimum atomic E-state index is -2.71. The highest BCUT2D eigenvalue weighted by molar-refractivity contribution is 5.94. The van der Waals surface area contributed by atoms with Crippen LogP contribution in [0.15, 0.2) is 24.3 Å². The van der Waals surface area contributed by atoms with Gasteiger partial charge in [-0.05, 0) is 61.3 Å². The lowest BCUT2D eigenvalue weighted by Gasteiger charge is -2.27. The van der Waals surface area contributed by atoms with Gasteiger partial charge in [0.2, 0.25) is 0 Å². The molecule has 2 aliphatic carbocycles. The third-order valence-electron chi connectivity index (χ3n) is 10.3. The van der Waals surface area contributed by atoms with E-state index in [1.54, 1.807) is 13.0 Å². The molecule has 4 aliphatic rings. The molecule has 2 aliphatic heterocycles. The summed E-state index contributed by atoms with van der Waals surface area (Å²) in [6.45, 7) is -0.817. The van der Waals surface area contributed by atoms with Gasteiger partial charge in [-0.1, -0.05) is 19.4 Å². The van der Waals surface area contributed by atoms with Gasteiger partial charge in [0, 0.05) is 70.4 Å². The normalized spacial score (nSPS) is 20.6. The van der Waals surface area contributed by atoms with Crippen molar-refractivity contribution in [1.29, 1.82) is 0 Å². The van der Waals surface area contributed by atoms with Crippen LogP contribution in [0.3, 0.4) is 0 Å². The summed E-state index contributed by atoms with van der Waals surface area (Å²) in [7, 11) is 1.44. The number of nitrogens with two attached hydrogens (primary N) is 1. The van der Waals surface area contributed by atoms with Crippen molar-refractivity contribution in [3.63, 3.8) is 0 Å². The maximum atomic E-state index is 16.7. The van der Waals surface area contributed by atoms with Gasteiger partial charge in [0.25, 0.3) is 5.91 Å². The third kappa shape index (κ3) is 5.57. The van der Waals surface area contributed by atoms with Gasteiger partial charge in [-0.2, -0.15) is 8.78 Å². The summed E-state index contributed by atoms with van der Waals surface area (Å²) in [5.74, 6) is -2.72. The molecule has 7 nitrogen and oxygen atoms in total. The monoisotopic (exact) mass is 668 g/mol. The van der Waals surface area contributed by atoms with Crippen LogP contribution in [0.4, 0.5) is 22.0 Å². The minimum absolute atomic E-state index is 0.00344. The molecule has 3 aromatic rings. The van der Waals surface area contributed by atoms with Gasteiger partial charge in [0.1, 0.15) is 23.1 Å². The molecule has 0 radical (unpaired) electrons. The summed E-state index contributed by atoms with van der Waals surface area (Å²) in [5.41, 5.74) is 6.17. The number of fused-ring (bicyclic) bond motifs is 2. The van der Waals surface area contributed by atoms with Gasteiger partial charge in [-0.25, -0.2) is 18.2 Å². The number of alkyl halides is 2. The van der Waals surface area contributed by atoms with Crippen molar-refractivity contribution in [3.8, 4) is 22.8 Å². The first-order valence-electron chi connectivity index (χ1n) is 16.3. The van der Waals surface area contributed by atoms with Gasteiger partial charge >= 0.3 is 6.55 Å². The molecule has 12 heteroatoms. The molecular formula is C36H37F5N4O3. The molecule has 254 valence electrons. The molecule has 1 aromatic heterocycles. The fraction of sp³-hybridized carbons (Fsp3) is 0.444. The van der Waals surface area contributed by atoms with Gasteiger partial charge in [-0.3, -0.25) is 4.79 Å². The van der Waals surface area contributed by atoms with Crippen molar-refractivity contribution in [3.05, 3.63) is 74.5 Å². The van der Waals surface area contributed by atoms with Crippen LogP contribution in [0, 0.1) is 23.4 Å². The predicted octanol–water partition coefficient (Wildman–Crippen LogP) is 5.03. The summed E-state index contributed by atoms with van der Waals surface area (Å²) in [6.07, 6.45) is 7.00. The molecule has 2 atom stereocenters. The number of methoxy groups -OCH3 is 1. The van der Waals surface area contributed by atoms with Crippen LogP contribution >= 0.6 is 0 Å². The average molecular weight is 669 g/mol. The summed E-state index contributed by atoms with van der Waals surface area (Å²) < 4.78 is 85.5. The molecule has 3 heterocycles. The number of carbonyl (C=O) groups is 1. The number of benzene rings is 2. The number of hydrogen-bond acceptors (Lipinski definition) is 6. The summed E-state index contributed by atoms with van der Waals surface area (Å²) in [6, 6.07) is 5.38. The highest BCUT2D eigenvalue weighted by Gasteiger charge is 2.45. The van der Waals surface area contributed by atoms with Crippen molar-refractivity contribution in [2.45, 2.75) is 62.8 Å². The SMILES string of the molecule is COc1cc(C(=O)NC[C@H](c2nc(-c3cc(C4CCC4)c(F)cc3F)c3c(c2F)[C@@](C)(CN)CO3)C2CC2)cc2c1=CCN(C(F)F)C=2. The maximum Gasteiger partial charge on any atom is 0.315 e. The highest BCUT2D eigenvalue weighted by atomic mass is 19.3. The van der Waals surface area contributed by atoms with E-state index in [9.17, 15) is 18.0 Å². The van der Waals surface area contributed by atoms with E-state index in [1.165, 1.54) is 31.5 Å². The Morgan fingerprint density at radius 3 is 2.56 bits per heavy atom. The molecule has 1 amide bonds. The molecular weight excluding hydrogens is 631 g/mol. The van der Waals surface area contributed by atoms with Crippen LogP contribution in [0.1, 0.15) is 78.0 Å². The van der Waals surface area contributed by atoms with E-state index in [-0.39, 0.29) is 71.9 Å². The van der Waals surface area contributed by atoms with Crippen molar-refractivity contribution in [2.75, 3.05) is 33.4 Å². The highest BCUT2D eigenvalue weighted by Crippen LogP contribution is 2.51. The van der Waals surface area contributed by atoms with E-state index in [4.69, 9.17) is 20.2 Å². The average Bonchev–Trinajstić information content (AvgIpc) is 3.83. The van der Waals surface area contributed by atoms with Crippen LogP contribution in [0.5, 0.6) is 11.5 Å². The predicted molar refractivity (Wildman–Crippen MR) is 170 cm³/mol. The molecule has 0 unspecified atom stereocenters. The Kier molecular flexibility index (Phi) is 8.33. The second-order valence-corrected chi connectivity index (χ2v) is 13.5. The fourth-order valence-corrected chi connectivity index (χ4v) is 7.05. The Bertz CT molecular complexity index is 1910. The van der Waals surface area contributed by atoms with E-state index in [1.807, 2.05) is 0 Å². The lowest BCUT2D eigenvalue weighted by molar-refractivity contribution is 0.0263. The van der Waals surface area contributed by atoms with Crippen LogP contribution in [0.2, 0.25) is 0 Å². The van der Waals surface area contributed by atoms with Crippen molar-refractivity contribution < 1.29 is 36.2 Å². The van der Waals surface area contributed by atoms with Crippen molar-refractivity contribution in [1.82, 2.24) is 15.2 Å². The zero-order valence-corrected chi connectivity index (χ0v) is 26.7. The Hall–Kier alpha value is -4.19. The van der Waals surface area contributed by atoms with E-state index in [2.05, 4.69) is 5.32 Å². The van der Waals surface area contributed by atoms with Crippen molar-refractivity contribution >= 4 is 18.2 Å². The fourth-order valence-electron chi connectivity index (χ4n) is 7.05. The first-order valence-corrected chi connectivity index (χ1v) is 16.3. The smallest absolute Gasteiger partial charge is 0.315 e. The molecule has 7 rings (SSSR count). The quantitative estimate of drug-likeness (QED) is 0.233. The Morgan fingerprint density at radius 2 is 1.92 bits per heavy atom. The molecule has 2 aromatic carbocycles. The second-order valence-electron chi connectivity index (χ2n) is 13.5. The lowest BCUT2D eigenvalue weighted by Crippen LogP contribution is -2.39. The van der Waals surface area contributed by atoms with E-state index >= 15 is 8.78 Å². The molecule has 2 fully saturated rings. The number of ether oxygens (including phenoxy) is 2. The number of pyridine rings is 1. The number of halogens is 5. The summed E-state index contributed by atoms with van der Waals surface area (Å²) in [5, 5.41) is 3.91. The van der Waals surface area contributed by atoms with Crippen LogP contribution < -0.4 is 31.0 Å². The third-order valence-corrected chi connectivity index (χ3v) is 10.3. The largest absolute Gasteiger partial charge is 0.496 e. The van der Waals surface area contributed by atoms with Gasteiger partial charge in [0.15, 0.2) is 11.6 Å². The molecule has 48 heavy (non-hydrogen) atoms. The van der Waals surface area contributed by atoms with Crippen LogP contribution in [0.25, 0.3) is 23.5 Å². The molecule has 0 bridgehead atoms. The molecule has 0 saturated heterocycles. The molecule has 3 N–H and O–H groups in total. The Morgan fingerprint density at radius 1 is 1.15 bits per heavy atom. The number of amides is 1. The molecule has 0 spiro atoms. The Labute approximate surface area is 274 Å². The number of aromatic nitrogens is 1. The van der Waals surface area contributed by atoms with Gasteiger partial charge < -0.3 is 25.4 Å². The molecule has 2 saturated carbocycles. The minimum Gasteiger partial charge on any atom is -0.496 e. The number of nitrogens with zero attached hydrogens (tertiary/aromatic N) is 2. The summed E-state index contributed by atoms with van der Waals surface area (Å²) in [4.78, 5) is 19.1. The maximum absolute atomic E-state index is 16.7. The summed E-state index contributed by atoms with van der Waals surface area (Å²) >= 11 is 0. The van der Waals surface area contributed by atoms with Crippen LogP contribution in [-0.2, 0) is 5.41 Å². The zero-order chi connectivity index (χ0) is 33.9. The first-order chi connectivity index (χ1) is 23.0. The number of rotatable bonds is 10. The zero-order valence-electron chi connectivity index (χ0n) is 26.7. The lowest BCUT2D eigenvalue weighted by atomic mass is 9.78.